The molecule has 0 bridgehead atoms. The molecule has 1 aromatic carbocycles. The number of imidazole rings is 1. The van der Waals surface area contributed by atoms with Gasteiger partial charge in [-0.05, 0) is 37.6 Å². The molecule has 3 rings (SSSR count). The van der Waals surface area contributed by atoms with Crippen LogP contribution in [0.4, 0.5) is 5.69 Å². The standard InChI is InChI=1S/C20H20N4O3/c1-3-10-21-20(27)18-23-17(16-9-4-5-11-24(16)18)19(26)22-15-8-6-7-14(12-15)13(2)25/h4-9,11-12H,3,10H2,1-2H3,(H,21,27)(H,22,26). The molecule has 2 N–H and O–H groups in total. The van der Waals surface area contributed by atoms with Crippen LogP contribution in [-0.4, -0.2) is 33.5 Å². The molecular formula is C20H20N4O3. The van der Waals surface area contributed by atoms with Crippen LogP contribution in [-0.2, 0) is 0 Å². The predicted octanol–water partition coefficient (Wildman–Crippen LogP) is 2.93. The van der Waals surface area contributed by atoms with Crippen molar-refractivity contribution >= 4 is 28.8 Å². The lowest BCUT2D eigenvalue weighted by Crippen LogP contribution is -2.26. The number of anilines is 1. The van der Waals surface area contributed by atoms with E-state index in [9.17, 15) is 14.4 Å². The number of fused-ring (bicyclic) bond motifs is 1. The Morgan fingerprint density at radius 1 is 1.07 bits per heavy atom. The second-order valence-corrected chi connectivity index (χ2v) is 6.09. The summed E-state index contributed by atoms with van der Waals surface area (Å²) >= 11 is 0. The van der Waals surface area contributed by atoms with E-state index in [0.29, 0.717) is 23.3 Å². The Balaban J connectivity index is 1.94. The van der Waals surface area contributed by atoms with Crippen molar-refractivity contribution < 1.29 is 14.4 Å². The van der Waals surface area contributed by atoms with Crippen LogP contribution in [0, 0.1) is 0 Å². The molecule has 0 radical (unpaired) electrons. The number of hydrogen-bond acceptors (Lipinski definition) is 4. The fraction of sp³-hybridized carbons (Fsp3) is 0.200. The van der Waals surface area contributed by atoms with Crippen LogP contribution in [0.2, 0.25) is 0 Å². The summed E-state index contributed by atoms with van der Waals surface area (Å²) in [5.74, 6) is -0.722. The Morgan fingerprint density at radius 2 is 1.89 bits per heavy atom. The molecule has 7 heteroatoms. The maximum atomic E-state index is 12.8. The van der Waals surface area contributed by atoms with Gasteiger partial charge in [0, 0.05) is 24.0 Å². The fourth-order valence-electron chi connectivity index (χ4n) is 2.69. The summed E-state index contributed by atoms with van der Waals surface area (Å²) in [6, 6.07) is 11.9. The number of ketones is 1. The molecule has 0 aliphatic rings. The van der Waals surface area contributed by atoms with E-state index in [1.807, 2.05) is 6.92 Å². The molecule has 27 heavy (non-hydrogen) atoms. The Bertz CT molecular complexity index is 1020. The number of nitrogens with one attached hydrogen (secondary N) is 2. The van der Waals surface area contributed by atoms with Crippen LogP contribution in [0.3, 0.4) is 0 Å². The van der Waals surface area contributed by atoms with Crippen molar-refractivity contribution in [1.29, 1.82) is 0 Å². The smallest absolute Gasteiger partial charge is 0.287 e. The number of nitrogens with zero attached hydrogens (tertiary/aromatic N) is 2. The van der Waals surface area contributed by atoms with Gasteiger partial charge < -0.3 is 10.6 Å². The summed E-state index contributed by atoms with van der Waals surface area (Å²) in [4.78, 5) is 40.9. The number of pyridine rings is 1. The van der Waals surface area contributed by atoms with Gasteiger partial charge in [-0.1, -0.05) is 25.1 Å². The average Bonchev–Trinajstić information content (AvgIpc) is 3.06. The van der Waals surface area contributed by atoms with Crippen molar-refractivity contribution in [3.8, 4) is 0 Å². The normalized spacial score (nSPS) is 10.6. The average molecular weight is 364 g/mol. The number of carbonyl (C=O) groups excluding carboxylic acids is 3. The minimum atomic E-state index is -0.450. The van der Waals surface area contributed by atoms with Gasteiger partial charge in [0.05, 0.1) is 5.52 Å². The van der Waals surface area contributed by atoms with Gasteiger partial charge in [0.15, 0.2) is 11.5 Å². The van der Waals surface area contributed by atoms with Crippen LogP contribution >= 0.6 is 0 Å². The first-order valence-electron chi connectivity index (χ1n) is 8.69. The second kappa shape index (κ2) is 7.82. The topological polar surface area (TPSA) is 92.6 Å². The van der Waals surface area contributed by atoms with Gasteiger partial charge in [0.25, 0.3) is 11.8 Å². The van der Waals surface area contributed by atoms with Crippen LogP contribution in [0.5, 0.6) is 0 Å². The first kappa shape index (κ1) is 18.3. The van der Waals surface area contributed by atoms with Crippen LogP contribution in [0.1, 0.15) is 51.7 Å². The lowest BCUT2D eigenvalue weighted by molar-refractivity contribution is 0.0941. The highest BCUT2D eigenvalue weighted by Gasteiger charge is 2.21. The third-order valence-electron chi connectivity index (χ3n) is 4.03. The van der Waals surface area contributed by atoms with E-state index in [1.54, 1.807) is 53.1 Å². The van der Waals surface area contributed by atoms with Crippen molar-refractivity contribution in [3.63, 3.8) is 0 Å². The van der Waals surface area contributed by atoms with Crippen molar-refractivity contribution in [2.24, 2.45) is 0 Å². The number of carbonyl (C=O) groups is 3. The molecule has 0 saturated heterocycles. The van der Waals surface area contributed by atoms with Gasteiger partial charge in [0.2, 0.25) is 5.82 Å². The molecule has 3 aromatic rings. The van der Waals surface area contributed by atoms with Crippen LogP contribution in [0.15, 0.2) is 48.7 Å². The number of hydrogen-bond donors (Lipinski definition) is 2. The molecule has 0 fully saturated rings. The maximum absolute atomic E-state index is 12.8. The summed E-state index contributed by atoms with van der Waals surface area (Å²) in [5.41, 5.74) is 1.66. The quantitative estimate of drug-likeness (QED) is 0.658. The zero-order valence-corrected chi connectivity index (χ0v) is 15.2. The largest absolute Gasteiger partial charge is 0.349 e. The third-order valence-corrected chi connectivity index (χ3v) is 4.03. The van der Waals surface area contributed by atoms with Crippen molar-refractivity contribution in [2.45, 2.75) is 20.3 Å². The molecule has 0 aliphatic carbocycles. The molecule has 7 nitrogen and oxygen atoms in total. The fourth-order valence-corrected chi connectivity index (χ4v) is 2.69. The predicted molar refractivity (Wildman–Crippen MR) is 102 cm³/mol. The molecular weight excluding hydrogens is 344 g/mol. The number of benzene rings is 1. The summed E-state index contributed by atoms with van der Waals surface area (Å²) in [5, 5.41) is 5.51. The number of amides is 2. The van der Waals surface area contributed by atoms with Crippen LogP contribution < -0.4 is 10.6 Å². The highest BCUT2D eigenvalue weighted by atomic mass is 16.2. The Morgan fingerprint density at radius 3 is 2.63 bits per heavy atom. The second-order valence-electron chi connectivity index (χ2n) is 6.09. The van der Waals surface area contributed by atoms with E-state index >= 15 is 0 Å². The van der Waals surface area contributed by atoms with Gasteiger partial charge >= 0.3 is 0 Å². The third kappa shape index (κ3) is 3.87. The highest BCUT2D eigenvalue weighted by Crippen LogP contribution is 2.17. The minimum Gasteiger partial charge on any atom is -0.349 e. The summed E-state index contributed by atoms with van der Waals surface area (Å²) in [6.45, 7) is 3.95. The summed E-state index contributed by atoms with van der Waals surface area (Å²) in [7, 11) is 0. The van der Waals surface area contributed by atoms with E-state index < -0.39 is 5.91 Å². The first-order valence-corrected chi connectivity index (χ1v) is 8.69. The number of aromatic nitrogens is 2. The maximum Gasteiger partial charge on any atom is 0.287 e. The molecule has 0 unspecified atom stereocenters. The molecule has 2 heterocycles. The number of Topliss-reactive ketones (excluding diaryl/α,β-unsaturated/α-hetero) is 1. The van der Waals surface area contributed by atoms with E-state index in [1.165, 1.54) is 6.92 Å². The molecule has 2 amide bonds. The lowest BCUT2D eigenvalue weighted by atomic mass is 10.1. The monoisotopic (exact) mass is 364 g/mol. The van der Waals surface area contributed by atoms with Gasteiger partial charge in [-0.2, -0.15) is 0 Å². The molecule has 138 valence electrons. The van der Waals surface area contributed by atoms with E-state index in [4.69, 9.17) is 0 Å². The minimum absolute atomic E-state index is 0.0894. The Hall–Kier alpha value is -3.48. The zero-order valence-electron chi connectivity index (χ0n) is 15.2. The van der Waals surface area contributed by atoms with Gasteiger partial charge in [-0.15, -0.1) is 0 Å². The Labute approximate surface area is 156 Å². The van der Waals surface area contributed by atoms with Crippen LogP contribution in [0.25, 0.3) is 5.52 Å². The molecule has 0 saturated carbocycles. The molecule has 2 aromatic heterocycles. The van der Waals surface area contributed by atoms with Gasteiger partial charge in [-0.3, -0.25) is 18.8 Å². The number of rotatable bonds is 6. The highest BCUT2D eigenvalue weighted by molar-refractivity contribution is 6.09. The van der Waals surface area contributed by atoms with Crippen molar-refractivity contribution in [3.05, 3.63) is 65.7 Å². The SMILES string of the molecule is CCCNC(=O)c1nc(C(=O)Nc2cccc(C(C)=O)c2)c2ccccn12. The molecule has 0 atom stereocenters. The summed E-state index contributed by atoms with van der Waals surface area (Å²) in [6.07, 6.45) is 2.49. The zero-order chi connectivity index (χ0) is 19.4. The first-order chi connectivity index (χ1) is 13.0. The van der Waals surface area contributed by atoms with Gasteiger partial charge in [0.1, 0.15) is 0 Å². The lowest BCUT2D eigenvalue weighted by Gasteiger charge is -2.05. The Kier molecular flexibility index (Phi) is 5.30. The van der Waals surface area contributed by atoms with E-state index in [0.717, 1.165) is 6.42 Å². The van der Waals surface area contributed by atoms with E-state index in [-0.39, 0.29) is 23.2 Å². The van der Waals surface area contributed by atoms with Crippen molar-refractivity contribution in [2.75, 3.05) is 11.9 Å². The van der Waals surface area contributed by atoms with Gasteiger partial charge in [-0.25, -0.2) is 4.98 Å². The molecule has 0 aliphatic heterocycles. The van der Waals surface area contributed by atoms with E-state index in [2.05, 4.69) is 15.6 Å². The summed E-state index contributed by atoms with van der Waals surface area (Å²) < 4.78 is 1.59. The molecule has 0 spiro atoms. The van der Waals surface area contributed by atoms with Crippen molar-refractivity contribution in [1.82, 2.24) is 14.7 Å².